The fourth-order valence-electron chi connectivity index (χ4n) is 4.23. The molecule has 0 atom stereocenters. The van der Waals surface area contributed by atoms with Crippen LogP contribution in [0.1, 0.15) is 53.6 Å². The molecule has 0 saturated heterocycles. The van der Waals surface area contributed by atoms with Gasteiger partial charge in [0.05, 0.1) is 12.2 Å². The first kappa shape index (κ1) is 24.9. The van der Waals surface area contributed by atoms with Crippen molar-refractivity contribution in [2.75, 3.05) is 13.2 Å². The van der Waals surface area contributed by atoms with Crippen molar-refractivity contribution in [2.45, 2.75) is 50.8 Å². The van der Waals surface area contributed by atoms with Crippen LogP contribution in [0.5, 0.6) is 11.5 Å². The highest BCUT2D eigenvalue weighted by molar-refractivity contribution is 8.03. The molecule has 3 aromatic carbocycles. The number of unbranched alkanes of at least 4 members (excludes halogenated alkanes) is 1. The number of amides is 1. The molecule has 0 fully saturated rings. The van der Waals surface area contributed by atoms with Gasteiger partial charge in [0.2, 0.25) is 0 Å². The van der Waals surface area contributed by atoms with Crippen molar-refractivity contribution in [2.24, 2.45) is 0 Å². The number of carbonyl (C=O) groups excluding carboxylic acids is 2. The van der Waals surface area contributed by atoms with E-state index in [2.05, 4.69) is 18.3 Å². The lowest BCUT2D eigenvalue weighted by atomic mass is 10.0. The summed E-state index contributed by atoms with van der Waals surface area (Å²) in [4.78, 5) is 26.7. The van der Waals surface area contributed by atoms with E-state index >= 15 is 0 Å². The van der Waals surface area contributed by atoms with Gasteiger partial charge in [-0.25, -0.2) is 0 Å². The number of fused-ring (bicyclic) bond motifs is 1. The van der Waals surface area contributed by atoms with Gasteiger partial charge in [-0.2, -0.15) is 0 Å². The summed E-state index contributed by atoms with van der Waals surface area (Å²) in [7, 11) is 0. The molecule has 0 saturated carbocycles. The van der Waals surface area contributed by atoms with Crippen LogP contribution >= 0.6 is 11.8 Å². The molecule has 5 nitrogen and oxygen atoms in total. The molecule has 3 aromatic rings. The number of aromatic hydroxyl groups is 1. The van der Waals surface area contributed by atoms with Crippen molar-refractivity contribution in [1.29, 1.82) is 0 Å². The van der Waals surface area contributed by atoms with Gasteiger partial charge >= 0.3 is 0 Å². The smallest absolute Gasteiger partial charge is 0.255 e. The van der Waals surface area contributed by atoms with E-state index in [-0.39, 0.29) is 23.0 Å². The summed E-state index contributed by atoms with van der Waals surface area (Å²) in [5.74, 6) is 0.704. The minimum Gasteiger partial charge on any atom is -0.506 e. The summed E-state index contributed by atoms with van der Waals surface area (Å²) in [5, 5.41) is 15.3. The van der Waals surface area contributed by atoms with Gasteiger partial charge in [0.15, 0.2) is 5.78 Å². The lowest BCUT2D eigenvalue weighted by Gasteiger charge is -2.16. The number of nitrogens with one attached hydrogen (secondary N) is 1. The molecule has 182 valence electrons. The van der Waals surface area contributed by atoms with Crippen LogP contribution in [0.15, 0.2) is 64.4 Å². The van der Waals surface area contributed by atoms with Gasteiger partial charge in [-0.1, -0.05) is 53.7 Å². The molecule has 1 aliphatic carbocycles. The van der Waals surface area contributed by atoms with E-state index in [4.69, 9.17) is 4.74 Å². The minimum atomic E-state index is -0.306. The van der Waals surface area contributed by atoms with Crippen molar-refractivity contribution >= 4 is 34.2 Å². The molecule has 0 radical (unpaired) electrons. The van der Waals surface area contributed by atoms with E-state index in [9.17, 15) is 14.7 Å². The normalized spacial score (nSPS) is 13.5. The van der Waals surface area contributed by atoms with Crippen LogP contribution in [0.25, 0.3) is 10.8 Å². The topological polar surface area (TPSA) is 75.6 Å². The number of thioether (sulfide) groups is 1. The summed E-state index contributed by atoms with van der Waals surface area (Å²) < 4.78 is 5.86. The second-order valence-corrected chi connectivity index (χ2v) is 10.1. The number of benzene rings is 3. The Kier molecular flexibility index (Phi) is 8.13. The van der Waals surface area contributed by atoms with Crippen LogP contribution < -0.4 is 10.1 Å². The third kappa shape index (κ3) is 6.25. The third-order valence-electron chi connectivity index (χ3n) is 6.08. The SMILES string of the molecule is Cc1ccc(OCCCCNC(=O)c2cc(SC3=CC(=O)CCC3)c3ccccc3c2O)c(C)c1. The maximum atomic E-state index is 13.0. The second kappa shape index (κ2) is 11.5. The molecule has 0 unspecified atom stereocenters. The van der Waals surface area contributed by atoms with Gasteiger partial charge in [0.25, 0.3) is 5.91 Å². The molecular weight excluding hydrogens is 458 g/mol. The number of hydrogen-bond acceptors (Lipinski definition) is 5. The Hall–Kier alpha value is -3.25. The van der Waals surface area contributed by atoms with Gasteiger partial charge in [-0.05, 0) is 73.6 Å². The zero-order valence-corrected chi connectivity index (χ0v) is 21.0. The first-order chi connectivity index (χ1) is 16.9. The zero-order chi connectivity index (χ0) is 24.8. The molecular formula is C29H31NO4S. The molecule has 4 rings (SSSR count). The van der Waals surface area contributed by atoms with Crippen molar-refractivity contribution in [3.05, 3.63) is 76.2 Å². The molecule has 0 spiro atoms. The molecule has 6 heteroatoms. The minimum absolute atomic E-state index is 0.0191. The van der Waals surface area contributed by atoms with E-state index in [1.807, 2.05) is 43.3 Å². The van der Waals surface area contributed by atoms with E-state index < -0.39 is 0 Å². The highest BCUT2D eigenvalue weighted by atomic mass is 32.2. The molecule has 0 aromatic heterocycles. The number of ether oxygens (including phenoxy) is 1. The van der Waals surface area contributed by atoms with Crippen LogP contribution in [0.2, 0.25) is 0 Å². The number of phenols is 1. The molecule has 0 bridgehead atoms. The molecule has 1 amide bonds. The number of carbonyl (C=O) groups is 2. The summed E-state index contributed by atoms with van der Waals surface area (Å²) >= 11 is 1.51. The number of rotatable bonds is 9. The first-order valence-corrected chi connectivity index (χ1v) is 12.9. The monoisotopic (exact) mass is 489 g/mol. The lowest BCUT2D eigenvalue weighted by molar-refractivity contribution is -0.115. The predicted molar refractivity (Wildman–Crippen MR) is 141 cm³/mol. The lowest BCUT2D eigenvalue weighted by Crippen LogP contribution is -2.25. The van der Waals surface area contributed by atoms with Crippen LogP contribution in [0.3, 0.4) is 0 Å². The average molecular weight is 490 g/mol. The first-order valence-electron chi connectivity index (χ1n) is 12.1. The van der Waals surface area contributed by atoms with Gasteiger partial charge < -0.3 is 15.2 Å². The molecule has 0 aliphatic heterocycles. The molecule has 35 heavy (non-hydrogen) atoms. The van der Waals surface area contributed by atoms with Crippen LogP contribution in [0, 0.1) is 13.8 Å². The molecule has 2 N–H and O–H groups in total. The second-order valence-electron chi connectivity index (χ2n) is 8.93. The third-order valence-corrected chi connectivity index (χ3v) is 7.22. The Morgan fingerprint density at radius 2 is 1.86 bits per heavy atom. The van der Waals surface area contributed by atoms with Crippen molar-refractivity contribution in [3.8, 4) is 11.5 Å². The molecule has 1 aliphatic rings. The summed E-state index contributed by atoms with van der Waals surface area (Å²) in [6.45, 7) is 5.16. The van der Waals surface area contributed by atoms with Crippen molar-refractivity contribution in [3.63, 3.8) is 0 Å². The van der Waals surface area contributed by atoms with E-state index in [1.54, 1.807) is 12.1 Å². The number of ketones is 1. The maximum Gasteiger partial charge on any atom is 0.255 e. The Bertz CT molecular complexity index is 1280. The average Bonchev–Trinajstić information content (AvgIpc) is 2.84. The Labute approximate surface area is 210 Å². The fraction of sp³-hybridized carbons (Fsp3) is 0.310. The highest BCUT2D eigenvalue weighted by Crippen LogP contribution is 2.41. The van der Waals surface area contributed by atoms with Gasteiger partial charge in [-0.15, -0.1) is 0 Å². The highest BCUT2D eigenvalue weighted by Gasteiger charge is 2.19. The van der Waals surface area contributed by atoms with Gasteiger partial charge in [0, 0.05) is 23.2 Å². The van der Waals surface area contributed by atoms with E-state index in [1.165, 1.54) is 17.3 Å². The number of aryl methyl sites for hydroxylation is 2. The largest absolute Gasteiger partial charge is 0.506 e. The van der Waals surface area contributed by atoms with E-state index in [0.717, 1.165) is 52.2 Å². The summed E-state index contributed by atoms with van der Waals surface area (Å²) in [6, 6.07) is 15.4. The fourth-order valence-corrected chi connectivity index (χ4v) is 5.42. The maximum absolute atomic E-state index is 13.0. The predicted octanol–water partition coefficient (Wildman–Crippen LogP) is 6.48. The summed E-state index contributed by atoms with van der Waals surface area (Å²) in [6.07, 6.45) is 5.55. The Morgan fingerprint density at radius 1 is 1.06 bits per heavy atom. The quantitative estimate of drug-likeness (QED) is 0.337. The zero-order valence-electron chi connectivity index (χ0n) is 20.2. The van der Waals surface area contributed by atoms with E-state index in [0.29, 0.717) is 25.0 Å². The van der Waals surface area contributed by atoms with Crippen LogP contribution in [-0.2, 0) is 4.79 Å². The number of hydrogen-bond donors (Lipinski definition) is 2. The number of phenolic OH excluding ortho intramolecular Hbond substituents is 1. The van der Waals surface area contributed by atoms with Crippen molar-refractivity contribution in [1.82, 2.24) is 5.32 Å². The number of allylic oxidation sites excluding steroid dienone is 2. The standard InChI is InChI=1S/C29H31NO4S/c1-19-12-13-26(20(2)16-19)34-15-6-5-14-30-29(33)25-18-27(35-22-9-7-8-21(31)17-22)23-10-3-4-11-24(23)28(25)32/h3-4,10-13,16-18,32H,5-9,14-15H2,1-2H3,(H,30,33). The molecule has 0 heterocycles. The van der Waals surface area contributed by atoms with Gasteiger partial charge in [0.1, 0.15) is 11.5 Å². The van der Waals surface area contributed by atoms with Crippen LogP contribution in [0.4, 0.5) is 0 Å². The van der Waals surface area contributed by atoms with Crippen molar-refractivity contribution < 1.29 is 19.4 Å². The van der Waals surface area contributed by atoms with Crippen LogP contribution in [-0.4, -0.2) is 29.9 Å². The Morgan fingerprint density at radius 3 is 2.63 bits per heavy atom. The van der Waals surface area contributed by atoms with Gasteiger partial charge in [-0.3, -0.25) is 9.59 Å². The summed E-state index contributed by atoms with van der Waals surface area (Å²) in [5.41, 5.74) is 2.58. The Balaban J connectivity index is 1.38.